The number of anilines is 2. The fourth-order valence-corrected chi connectivity index (χ4v) is 6.22. The zero-order valence-corrected chi connectivity index (χ0v) is 17.9. The fraction of sp³-hybridized carbons (Fsp3) is 0.333. The molecule has 156 valence electrons. The Morgan fingerprint density at radius 1 is 1.30 bits per heavy atom. The molecule has 9 heteroatoms. The van der Waals surface area contributed by atoms with Gasteiger partial charge in [0.1, 0.15) is 16.0 Å². The van der Waals surface area contributed by atoms with E-state index in [2.05, 4.69) is 33.2 Å². The van der Waals surface area contributed by atoms with Crippen LogP contribution in [0.15, 0.2) is 29.9 Å². The standard InChI is InChI=1S/C21H20F2N4OS2/c1-11-12(3-5-27(11)6-7-28)16-8-13-15(2-4-24-21(13)30-16)26-19-14(22)9-17-20(18(19)23)25-10-29-17/h2,4,8-12,28H,3,5-7H2,1H3,(H,24,26)/t11-,12-/m0/s1. The topological polar surface area (TPSA) is 61.3 Å². The molecule has 0 aliphatic carbocycles. The van der Waals surface area contributed by atoms with E-state index in [1.165, 1.54) is 27.8 Å². The van der Waals surface area contributed by atoms with Gasteiger partial charge in [-0.2, -0.15) is 0 Å². The Hall–Kier alpha value is -2.20. The van der Waals surface area contributed by atoms with E-state index in [1.807, 2.05) is 0 Å². The molecule has 4 heterocycles. The maximum atomic E-state index is 14.9. The number of aliphatic hydroxyl groups excluding tert-OH is 1. The van der Waals surface area contributed by atoms with Crippen molar-refractivity contribution in [3.63, 3.8) is 0 Å². The molecule has 1 aliphatic heterocycles. The number of benzene rings is 1. The number of likely N-dealkylation sites (tertiary alicyclic amines) is 1. The number of thiazole rings is 1. The van der Waals surface area contributed by atoms with Crippen LogP contribution in [0, 0.1) is 11.6 Å². The van der Waals surface area contributed by atoms with Crippen LogP contribution in [0.2, 0.25) is 0 Å². The highest BCUT2D eigenvalue weighted by atomic mass is 32.1. The first-order chi connectivity index (χ1) is 14.6. The summed E-state index contributed by atoms with van der Waals surface area (Å²) in [6.07, 6.45) is 2.67. The SMILES string of the molecule is C[C@H]1[C@@H](c2cc3c(Nc4c(F)cc5scnc5c4F)ccnc3s2)CCN1CCO. The number of thiophene rings is 1. The number of nitrogens with zero attached hydrogens (tertiary/aromatic N) is 3. The normalized spacial score (nSPS) is 19.9. The Balaban J connectivity index is 1.51. The van der Waals surface area contributed by atoms with Gasteiger partial charge in [-0.3, -0.25) is 4.90 Å². The van der Waals surface area contributed by atoms with E-state index in [0.717, 1.165) is 23.2 Å². The molecular formula is C21H20F2N4OS2. The molecule has 0 spiro atoms. The molecule has 0 radical (unpaired) electrons. The van der Waals surface area contributed by atoms with Gasteiger partial charge < -0.3 is 10.4 Å². The quantitative estimate of drug-likeness (QED) is 0.447. The lowest BCUT2D eigenvalue weighted by atomic mass is 9.99. The molecular weight excluding hydrogens is 426 g/mol. The summed E-state index contributed by atoms with van der Waals surface area (Å²) in [5.41, 5.74) is 2.10. The molecule has 2 atom stereocenters. The molecule has 1 saturated heterocycles. The van der Waals surface area contributed by atoms with E-state index in [0.29, 0.717) is 28.9 Å². The number of aliphatic hydroxyl groups is 1. The molecule has 0 bridgehead atoms. The summed E-state index contributed by atoms with van der Waals surface area (Å²) in [6.45, 7) is 3.95. The number of hydrogen-bond donors (Lipinski definition) is 2. The van der Waals surface area contributed by atoms with Crippen LogP contribution >= 0.6 is 22.7 Å². The van der Waals surface area contributed by atoms with Gasteiger partial charge in [0.15, 0.2) is 11.6 Å². The Morgan fingerprint density at radius 2 is 2.17 bits per heavy atom. The van der Waals surface area contributed by atoms with Crippen LogP contribution in [0.3, 0.4) is 0 Å². The van der Waals surface area contributed by atoms with Crippen LogP contribution in [0.1, 0.15) is 24.1 Å². The van der Waals surface area contributed by atoms with Crippen LogP contribution in [0.25, 0.3) is 20.4 Å². The Labute approximate surface area is 180 Å². The molecule has 1 aromatic carbocycles. The minimum Gasteiger partial charge on any atom is -0.395 e. The van der Waals surface area contributed by atoms with Crippen LogP contribution in [-0.2, 0) is 0 Å². The van der Waals surface area contributed by atoms with Crippen LogP contribution in [0.5, 0.6) is 0 Å². The number of fused-ring (bicyclic) bond motifs is 2. The number of hydrogen-bond acceptors (Lipinski definition) is 7. The number of rotatable bonds is 5. The van der Waals surface area contributed by atoms with Crippen molar-refractivity contribution in [3.05, 3.63) is 46.4 Å². The number of aromatic nitrogens is 2. The lowest BCUT2D eigenvalue weighted by Crippen LogP contribution is -2.31. The van der Waals surface area contributed by atoms with Crippen molar-refractivity contribution in [2.75, 3.05) is 25.0 Å². The Bertz CT molecular complexity index is 1220. The molecule has 3 aromatic heterocycles. The Morgan fingerprint density at radius 3 is 3.00 bits per heavy atom. The maximum Gasteiger partial charge on any atom is 0.176 e. The van der Waals surface area contributed by atoms with E-state index < -0.39 is 11.6 Å². The second-order valence-electron chi connectivity index (χ2n) is 7.49. The summed E-state index contributed by atoms with van der Waals surface area (Å²) in [5, 5.41) is 13.1. The zero-order chi connectivity index (χ0) is 20.8. The first kappa shape index (κ1) is 19.7. The van der Waals surface area contributed by atoms with Gasteiger partial charge in [0.25, 0.3) is 0 Å². The molecule has 5 nitrogen and oxygen atoms in total. The summed E-state index contributed by atoms with van der Waals surface area (Å²) in [5.74, 6) is -0.979. The molecule has 0 saturated carbocycles. The van der Waals surface area contributed by atoms with Crippen molar-refractivity contribution in [2.45, 2.75) is 25.3 Å². The first-order valence-corrected chi connectivity index (χ1v) is 11.5. The van der Waals surface area contributed by atoms with Gasteiger partial charge in [-0.15, -0.1) is 22.7 Å². The van der Waals surface area contributed by atoms with Gasteiger partial charge in [0.2, 0.25) is 0 Å². The fourth-order valence-electron chi connectivity index (χ4n) is 4.26. The van der Waals surface area contributed by atoms with E-state index in [4.69, 9.17) is 0 Å². The summed E-state index contributed by atoms with van der Waals surface area (Å²) in [4.78, 5) is 12.8. The van der Waals surface area contributed by atoms with E-state index in [9.17, 15) is 13.9 Å². The largest absolute Gasteiger partial charge is 0.395 e. The van der Waals surface area contributed by atoms with Gasteiger partial charge in [-0.05, 0) is 38.1 Å². The number of pyridine rings is 1. The van der Waals surface area contributed by atoms with Gasteiger partial charge >= 0.3 is 0 Å². The van der Waals surface area contributed by atoms with Crippen LogP contribution in [0.4, 0.5) is 20.2 Å². The summed E-state index contributed by atoms with van der Waals surface area (Å²) >= 11 is 2.82. The zero-order valence-electron chi connectivity index (χ0n) is 16.2. The number of nitrogens with one attached hydrogen (secondary N) is 1. The van der Waals surface area contributed by atoms with Crippen molar-refractivity contribution in [1.82, 2.24) is 14.9 Å². The summed E-state index contributed by atoms with van der Waals surface area (Å²) in [6, 6.07) is 5.45. The average molecular weight is 447 g/mol. The number of β-amino-alcohol motifs (C(OH)–C–C–N with tert-alkyl or cyclic N) is 1. The van der Waals surface area contributed by atoms with Crippen molar-refractivity contribution in [1.29, 1.82) is 0 Å². The summed E-state index contributed by atoms with van der Waals surface area (Å²) < 4.78 is 30.0. The molecule has 2 N–H and O–H groups in total. The summed E-state index contributed by atoms with van der Waals surface area (Å²) in [7, 11) is 0. The predicted molar refractivity (Wildman–Crippen MR) is 118 cm³/mol. The van der Waals surface area contributed by atoms with Gasteiger partial charge in [0.05, 0.1) is 22.5 Å². The third-order valence-corrected chi connectivity index (χ3v) is 7.82. The highest BCUT2D eigenvalue weighted by Crippen LogP contribution is 2.41. The number of halogens is 2. The first-order valence-electron chi connectivity index (χ1n) is 9.78. The van der Waals surface area contributed by atoms with Crippen LogP contribution in [-0.4, -0.2) is 45.7 Å². The second-order valence-corrected chi connectivity index (χ2v) is 9.44. The molecule has 5 rings (SSSR count). The predicted octanol–water partition coefficient (Wildman–Crippen LogP) is 5.10. The van der Waals surface area contributed by atoms with Crippen molar-refractivity contribution in [3.8, 4) is 0 Å². The van der Waals surface area contributed by atoms with Gasteiger partial charge in [-0.25, -0.2) is 18.7 Å². The Kier molecular flexibility index (Phi) is 5.14. The minimum absolute atomic E-state index is 0.152. The molecule has 0 amide bonds. The molecule has 4 aromatic rings. The van der Waals surface area contributed by atoms with E-state index in [1.54, 1.807) is 23.6 Å². The third-order valence-electron chi connectivity index (χ3n) is 5.87. The van der Waals surface area contributed by atoms with Gasteiger partial charge in [0, 0.05) is 35.0 Å². The highest BCUT2D eigenvalue weighted by molar-refractivity contribution is 7.18. The van der Waals surface area contributed by atoms with Gasteiger partial charge in [-0.1, -0.05) is 0 Å². The van der Waals surface area contributed by atoms with Crippen molar-refractivity contribution < 1.29 is 13.9 Å². The minimum atomic E-state index is -0.685. The monoisotopic (exact) mass is 446 g/mol. The van der Waals surface area contributed by atoms with E-state index >= 15 is 0 Å². The highest BCUT2D eigenvalue weighted by Gasteiger charge is 2.32. The second kappa shape index (κ2) is 7.81. The lowest BCUT2D eigenvalue weighted by Gasteiger charge is -2.23. The smallest absolute Gasteiger partial charge is 0.176 e. The van der Waals surface area contributed by atoms with Crippen LogP contribution < -0.4 is 5.32 Å². The molecule has 1 aliphatic rings. The van der Waals surface area contributed by atoms with E-state index in [-0.39, 0.29) is 17.8 Å². The molecule has 1 fully saturated rings. The average Bonchev–Trinajstić information content (AvgIpc) is 3.44. The molecule has 0 unspecified atom stereocenters. The third kappa shape index (κ3) is 3.26. The van der Waals surface area contributed by atoms with Crippen molar-refractivity contribution >= 4 is 54.5 Å². The lowest BCUT2D eigenvalue weighted by molar-refractivity contribution is 0.188. The maximum absolute atomic E-state index is 14.9. The molecule has 30 heavy (non-hydrogen) atoms. The van der Waals surface area contributed by atoms with Crippen molar-refractivity contribution in [2.24, 2.45) is 0 Å².